The van der Waals surface area contributed by atoms with E-state index >= 15 is 0 Å². The van der Waals surface area contributed by atoms with Crippen LogP contribution in [0.1, 0.15) is 32.4 Å². The monoisotopic (exact) mass is 207 g/mol. The molecule has 15 heavy (non-hydrogen) atoms. The van der Waals surface area contributed by atoms with Crippen LogP contribution in [0.3, 0.4) is 0 Å². The van der Waals surface area contributed by atoms with Gasteiger partial charge in [-0.25, -0.2) is 0 Å². The van der Waals surface area contributed by atoms with Crippen molar-refractivity contribution in [2.24, 2.45) is 0 Å². The Morgan fingerprint density at radius 2 is 1.80 bits per heavy atom. The van der Waals surface area contributed by atoms with Gasteiger partial charge in [0, 0.05) is 6.54 Å². The van der Waals surface area contributed by atoms with Crippen LogP contribution in [0.4, 0.5) is 0 Å². The molecule has 0 aliphatic heterocycles. The molecule has 1 unspecified atom stereocenters. The van der Waals surface area contributed by atoms with Crippen molar-refractivity contribution in [3.8, 4) is 0 Å². The summed E-state index contributed by atoms with van der Waals surface area (Å²) in [6.45, 7) is 7.08. The van der Waals surface area contributed by atoms with Gasteiger partial charge < -0.3 is 10.1 Å². The van der Waals surface area contributed by atoms with Crippen LogP contribution in [0.15, 0.2) is 30.3 Å². The van der Waals surface area contributed by atoms with Crippen LogP contribution in [0.25, 0.3) is 0 Å². The van der Waals surface area contributed by atoms with Crippen molar-refractivity contribution in [3.63, 3.8) is 0 Å². The molecule has 1 atom stereocenters. The maximum Gasteiger partial charge on any atom is 0.0956 e. The summed E-state index contributed by atoms with van der Waals surface area (Å²) in [5, 5.41) is 3.16. The zero-order valence-corrected chi connectivity index (χ0v) is 10.1. The largest absolute Gasteiger partial charge is 0.367 e. The molecule has 0 heterocycles. The SMILES string of the molecule is CNCC(OC(C)(C)C)c1ccccc1. The first kappa shape index (κ1) is 12.2. The topological polar surface area (TPSA) is 21.3 Å². The predicted octanol–water partition coefficient (Wildman–Crippen LogP) is 2.76. The molecule has 1 aromatic rings. The van der Waals surface area contributed by atoms with Crippen molar-refractivity contribution in [2.45, 2.75) is 32.5 Å². The lowest BCUT2D eigenvalue weighted by Crippen LogP contribution is -2.28. The molecule has 0 spiro atoms. The van der Waals surface area contributed by atoms with Crippen LogP contribution in [0, 0.1) is 0 Å². The summed E-state index contributed by atoms with van der Waals surface area (Å²) in [5.74, 6) is 0. The minimum absolute atomic E-state index is 0.114. The third kappa shape index (κ3) is 4.45. The highest BCUT2D eigenvalue weighted by atomic mass is 16.5. The van der Waals surface area contributed by atoms with Crippen molar-refractivity contribution >= 4 is 0 Å². The fourth-order valence-electron chi connectivity index (χ4n) is 1.51. The molecular formula is C13H21NO. The Kier molecular flexibility index (Phi) is 4.30. The molecule has 0 amide bonds. The Bertz CT molecular complexity index is 276. The van der Waals surface area contributed by atoms with E-state index in [0.29, 0.717) is 0 Å². The minimum Gasteiger partial charge on any atom is -0.367 e. The zero-order chi connectivity index (χ0) is 11.3. The van der Waals surface area contributed by atoms with E-state index < -0.39 is 0 Å². The van der Waals surface area contributed by atoms with Gasteiger partial charge >= 0.3 is 0 Å². The standard InChI is InChI=1S/C13H21NO/c1-13(2,3)15-12(10-14-4)11-8-6-5-7-9-11/h5-9,12,14H,10H2,1-4H3. The van der Waals surface area contributed by atoms with Gasteiger partial charge in [-0.15, -0.1) is 0 Å². The van der Waals surface area contributed by atoms with Gasteiger partial charge in [-0.3, -0.25) is 0 Å². The molecule has 0 aromatic heterocycles. The summed E-state index contributed by atoms with van der Waals surface area (Å²) in [6, 6.07) is 10.3. The highest BCUT2D eigenvalue weighted by molar-refractivity contribution is 5.18. The van der Waals surface area contributed by atoms with Gasteiger partial charge in [0.2, 0.25) is 0 Å². The Balaban J connectivity index is 2.75. The molecule has 2 nitrogen and oxygen atoms in total. The van der Waals surface area contributed by atoms with Crippen molar-refractivity contribution in [2.75, 3.05) is 13.6 Å². The highest BCUT2D eigenvalue weighted by Crippen LogP contribution is 2.22. The molecule has 0 aliphatic carbocycles. The molecule has 0 saturated carbocycles. The Labute approximate surface area is 92.6 Å². The number of hydrogen-bond acceptors (Lipinski definition) is 2. The molecule has 1 N–H and O–H groups in total. The smallest absolute Gasteiger partial charge is 0.0956 e. The summed E-state index contributed by atoms with van der Waals surface area (Å²) in [5.41, 5.74) is 1.11. The second-order valence-electron chi connectivity index (χ2n) is 4.69. The molecule has 0 saturated heterocycles. The van der Waals surface area contributed by atoms with Crippen molar-refractivity contribution in [3.05, 3.63) is 35.9 Å². The van der Waals surface area contributed by atoms with Crippen molar-refractivity contribution in [1.29, 1.82) is 0 Å². The quantitative estimate of drug-likeness (QED) is 0.819. The summed E-state index contributed by atoms with van der Waals surface area (Å²) in [4.78, 5) is 0. The first-order valence-electron chi connectivity index (χ1n) is 5.40. The summed E-state index contributed by atoms with van der Waals surface area (Å²) in [6.07, 6.45) is 0.121. The van der Waals surface area contributed by atoms with Crippen LogP contribution in [-0.2, 0) is 4.74 Å². The molecule has 1 aromatic carbocycles. The third-order valence-corrected chi connectivity index (χ3v) is 2.06. The first-order chi connectivity index (χ1) is 7.03. The van der Waals surface area contributed by atoms with Gasteiger partial charge in [-0.05, 0) is 33.4 Å². The van der Waals surface area contributed by atoms with Gasteiger partial charge in [0.1, 0.15) is 0 Å². The van der Waals surface area contributed by atoms with Crippen LogP contribution < -0.4 is 5.32 Å². The second-order valence-corrected chi connectivity index (χ2v) is 4.69. The van der Waals surface area contributed by atoms with E-state index in [0.717, 1.165) is 6.54 Å². The van der Waals surface area contributed by atoms with Gasteiger partial charge in [0.25, 0.3) is 0 Å². The van der Waals surface area contributed by atoms with Crippen LogP contribution >= 0.6 is 0 Å². The maximum atomic E-state index is 6.00. The first-order valence-corrected chi connectivity index (χ1v) is 5.40. The Morgan fingerprint density at radius 1 is 1.20 bits per heavy atom. The average Bonchev–Trinajstić information content (AvgIpc) is 2.17. The molecular weight excluding hydrogens is 186 g/mol. The van der Waals surface area contributed by atoms with Crippen LogP contribution in [0.5, 0.6) is 0 Å². The number of ether oxygens (including phenoxy) is 1. The molecule has 2 heteroatoms. The normalized spacial score (nSPS) is 13.9. The van der Waals surface area contributed by atoms with Crippen molar-refractivity contribution < 1.29 is 4.74 Å². The zero-order valence-electron chi connectivity index (χ0n) is 10.1. The predicted molar refractivity (Wildman–Crippen MR) is 63.9 cm³/mol. The lowest BCUT2D eigenvalue weighted by Gasteiger charge is -2.27. The van der Waals surface area contributed by atoms with Gasteiger partial charge in [0.05, 0.1) is 11.7 Å². The number of hydrogen-bond donors (Lipinski definition) is 1. The van der Waals surface area contributed by atoms with E-state index in [-0.39, 0.29) is 11.7 Å². The Morgan fingerprint density at radius 3 is 2.27 bits per heavy atom. The average molecular weight is 207 g/mol. The van der Waals surface area contributed by atoms with E-state index in [1.165, 1.54) is 5.56 Å². The summed E-state index contributed by atoms with van der Waals surface area (Å²) in [7, 11) is 1.95. The molecule has 84 valence electrons. The summed E-state index contributed by atoms with van der Waals surface area (Å²) < 4.78 is 6.00. The maximum absolute atomic E-state index is 6.00. The van der Waals surface area contributed by atoms with E-state index in [9.17, 15) is 0 Å². The number of likely N-dealkylation sites (N-methyl/N-ethyl adjacent to an activating group) is 1. The van der Waals surface area contributed by atoms with Crippen LogP contribution in [0.2, 0.25) is 0 Å². The number of rotatable bonds is 4. The van der Waals surface area contributed by atoms with Crippen LogP contribution in [-0.4, -0.2) is 19.2 Å². The van der Waals surface area contributed by atoms with Gasteiger partial charge in [0.15, 0.2) is 0 Å². The molecule has 0 radical (unpaired) electrons. The lowest BCUT2D eigenvalue weighted by molar-refractivity contribution is -0.0599. The van der Waals surface area contributed by atoms with E-state index in [4.69, 9.17) is 4.74 Å². The lowest BCUT2D eigenvalue weighted by atomic mass is 10.1. The Hall–Kier alpha value is -0.860. The fraction of sp³-hybridized carbons (Fsp3) is 0.538. The fourth-order valence-corrected chi connectivity index (χ4v) is 1.51. The van der Waals surface area contributed by atoms with Gasteiger partial charge in [-0.1, -0.05) is 30.3 Å². The van der Waals surface area contributed by atoms with Crippen molar-refractivity contribution in [1.82, 2.24) is 5.32 Å². The third-order valence-electron chi connectivity index (χ3n) is 2.06. The van der Waals surface area contributed by atoms with E-state index in [1.54, 1.807) is 0 Å². The van der Waals surface area contributed by atoms with E-state index in [2.05, 4.69) is 38.2 Å². The molecule has 0 aliphatic rings. The molecule has 0 fully saturated rings. The minimum atomic E-state index is -0.114. The molecule has 1 rings (SSSR count). The molecule has 0 bridgehead atoms. The summed E-state index contributed by atoms with van der Waals surface area (Å²) >= 11 is 0. The van der Waals surface area contributed by atoms with Gasteiger partial charge in [-0.2, -0.15) is 0 Å². The second kappa shape index (κ2) is 5.29. The highest BCUT2D eigenvalue weighted by Gasteiger charge is 2.19. The number of benzene rings is 1. The number of nitrogens with one attached hydrogen (secondary N) is 1. The van der Waals surface area contributed by atoms with E-state index in [1.807, 2.05) is 25.2 Å².